The first-order valence-electron chi connectivity index (χ1n) is 17.2. The van der Waals surface area contributed by atoms with Gasteiger partial charge in [-0.1, -0.05) is 164 Å². The topological polar surface area (TPSA) is 43.6 Å². The van der Waals surface area contributed by atoms with Gasteiger partial charge in [0.15, 0.2) is 17.5 Å². The van der Waals surface area contributed by atoms with Crippen molar-refractivity contribution in [2.45, 2.75) is 0 Å². The molecule has 0 radical (unpaired) electrons. The van der Waals surface area contributed by atoms with Crippen LogP contribution < -0.4 is 0 Å². The monoisotopic (exact) mass is 650 g/mol. The van der Waals surface area contributed by atoms with Crippen molar-refractivity contribution in [1.29, 1.82) is 0 Å². The lowest BCUT2D eigenvalue weighted by atomic mass is 10.0. The quantitative estimate of drug-likeness (QED) is 0.186. The Kier molecular flexibility index (Phi) is 6.78. The van der Waals surface area contributed by atoms with Crippen molar-refractivity contribution < 1.29 is 0 Å². The van der Waals surface area contributed by atoms with E-state index >= 15 is 0 Å². The molecule has 10 aromatic rings. The summed E-state index contributed by atoms with van der Waals surface area (Å²) in [5.74, 6) is 1.90. The van der Waals surface area contributed by atoms with Crippen LogP contribution in [0.3, 0.4) is 0 Å². The first-order chi connectivity index (χ1) is 25.3. The molecule has 0 bridgehead atoms. The molecule has 0 aliphatic rings. The lowest BCUT2D eigenvalue weighted by molar-refractivity contribution is 1.07. The highest BCUT2D eigenvalue weighted by atomic mass is 15.1. The van der Waals surface area contributed by atoms with Gasteiger partial charge >= 0.3 is 0 Å². The van der Waals surface area contributed by atoms with Gasteiger partial charge in [0.1, 0.15) is 0 Å². The van der Waals surface area contributed by atoms with Crippen molar-refractivity contribution in [1.82, 2.24) is 19.5 Å². The second kappa shape index (κ2) is 11.9. The van der Waals surface area contributed by atoms with Gasteiger partial charge in [-0.05, 0) is 45.5 Å². The molecule has 0 spiro atoms. The van der Waals surface area contributed by atoms with Gasteiger partial charge in [-0.3, -0.25) is 0 Å². The predicted molar refractivity (Wildman–Crippen MR) is 211 cm³/mol. The van der Waals surface area contributed by atoms with Gasteiger partial charge in [0, 0.05) is 32.8 Å². The molecule has 238 valence electrons. The van der Waals surface area contributed by atoms with Gasteiger partial charge in [0.2, 0.25) is 0 Å². The van der Waals surface area contributed by atoms with Crippen LogP contribution in [-0.2, 0) is 0 Å². The summed E-state index contributed by atoms with van der Waals surface area (Å²) in [5.41, 5.74) is 8.45. The Morgan fingerprint density at radius 3 is 1.53 bits per heavy atom. The summed E-state index contributed by atoms with van der Waals surface area (Å²) in [6, 6.07) is 64.0. The fourth-order valence-corrected chi connectivity index (χ4v) is 7.36. The van der Waals surface area contributed by atoms with E-state index in [9.17, 15) is 0 Å². The Morgan fingerprint density at radius 1 is 0.333 bits per heavy atom. The second-order valence-electron chi connectivity index (χ2n) is 12.9. The summed E-state index contributed by atoms with van der Waals surface area (Å²) in [6.45, 7) is 0. The molecule has 0 aliphatic carbocycles. The van der Waals surface area contributed by atoms with Crippen molar-refractivity contribution in [2.24, 2.45) is 0 Å². The van der Waals surface area contributed by atoms with Crippen LogP contribution >= 0.6 is 0 Å². The van der Waals surface area contributed by atoms with E-state index in [-0.39, 0.29) is 0 Å². The minimum Gasteiger partial charge on any atom is -0.308 e. The van der Waals surface area contributed by atoms with Crippen LogP contribution in [0.5, 0.6) is 0 Å². The van der Waals surface area contributed by atoms with E-state index in [1.807, 2.05) is 36.4 Å². The molecule has 2 heterocycles. The molecule has 0 atom stereocenters. The molecule has 8 aromatic carbocycles. The lowest BCUT2D eigenvalue weighted by Crippen LogP contribution is -2.04. The summed E-state index contributed by atoms with van der Waals surface area (Å²) in [7, 11) is 0. The van der Waals surface area contributed by atoms with Crippen LogP contribution in [0.15, 0.2) is 182 Å². The highest BCUT2D eigenvalue weighted by molar-refractivity contribution is 6.19. The Hall–Kier alpha value is -6.91. The maximum atomic E-state index is 5.23. The summed E-state index contributed by atoms with van der Waals surface area (Å²) in [5, 5.41) is 7.05. The molecular weight excluding hydrogens is 621 g/mol. The van der Waals surface area contributed by atoms with Crippen LogP contribution in [-0.4, -0.2) is 19.5 Å². The highest BCUT2D eigenvalue weighted by Crippen LogP contribution is 2.42. The standard InChI is InChI=1S/C47H30N4/c1-4-14-31(15-5-1)37-25-26-39-40-27-24-32-16-12-13-23-38(32)44(40)51(42(39)30-37)43-29-36-22-11-10-21-35(36)28-41(43)47-49-45(33-17-6-2-7-18-33)48-46(50-47)34-19-8-3-9-20-34/h1-30H. The Bertz CT molecular complexity index is 2840. The Morgan fingerprint density at radius 2 is 0.863 bits per heavy atom. The van der Waals surface area contributed by atoms with Crippen molar-refractivity contribution in [3.05, 3.63) is 182 Å². The zero-order valence-electron chi connectivity index (χ0n) is 27.6. The molecule has 10 rings (SSSR count). The van der Waals surface area contributed by atoms with E-state index in [1.54, 1.807) is 0 Å². The number of hydrogen-bond acceptors (Lipinski definition) is 3. The van der Waals surface area contributed by atoms with Gasteiger partial charge in [-0.25, -0.2) is 15.0 Å². The third-order valence-electron chi connectivity index (χ3n) is 9.81. The zero-order valence-corrected chi connectivity index (χ0v) is 27.6. The summed E-state index contributed by atoms with van der Waals surface area (Å²) < 4.78 is 2.44. The van der Waals surface area contributed by atoms with Crippen molar-refractivity contribution in [3.63, 3.8) is 0 Å². The molecule has 51 heavy (non-hydrogen) atoms. The minimum atomic E-state index is 0.623. The molecule has 0 saturated heterocycles. The number of rotatable bonds is 5. The number of hydrogen-bond donors (Lipinski definition) is 0. The van der Waals surface area contributed by atoms with Gasteiger partial charge in [-0.15, -0.1) is 0 Å². The van der Waals surface area contributed by atoms with Crippen LogP contribution in [0, 0.1) is 0 Å². The van der Waals surface area contributed by atoms with E-state index in [4.69, 9.17) is 15.0 Å². The second-order valence-corrected chi connectivity index (χ2v) is 12.9. The fraction of sp³-hybridized carbons (Fsp3) is 0. The molecule has 0 amide bonds. The van der Waals surface area contributed by atoms with Gasteiger partial charge in [0.05, 0.1) is 16.7 Å². The molecule has 0 fully saturated rings. The third-order valence-corrected chi connectivity index (χ3v) is 9.81. The third kappa shape index (κ3) is 4.96. The van der Waals surface area contributed by atoms with Crippen LogP contribution in [0.25, 0.3) is 94.3 Å². The largest absolute Gasteiger partial charge is 0.308 e. The Balaban J connectivity index is 1.35. The number of nitrogens with zero attached hydrogens (tertiary/aromatic N) is 4. The SMILES string of the molecule is c1ccc(-c2ccc3c4ccc5ccccc5c4n(-c4cc5ccccc5cc4-c4nc(-c5ccccc5)nc(-c5ccccc5)n4)c3c2)cc1. The van der Waals surface area contributed by atoms with Crippen molar-refractivity contribution in [3.8, 4) is 51.0 Å². The van der Waals surface area contributed by atoms with E-state index < -0.39 is 0 Å². The molecule has 2 aromatic heterocycles. The van der Waals surface area contributed by atoms with Gasteiger partial charge < -0.3 is 4.57 Å². The first kappa shape index (κ1) is 29.0. The van der Waals surface area contributed by atoms with Crippen molar-refractivity contribution in [2.75, 3.05) is 0 Å². The molecule has 0 aliphatic heterocycles. The summed E-state index contributed by atoms with van der Waals surface area (Å²) >= 11 is 0. The normalized spacial score (nSPS) is 11.5. The number of fused-ring (bicyclic) bond motifs is 6. The van der Waals surface area contributed by atoms with Gasteiger partial charge in [0.25, 0.3) is 0 Å². The first-order valence-corrected chi connectivity index (χ1v) is 17.2. The zero-order chi connectivity index (χ0) is 33.7. The highest BCUT2D eigenvalue weighted by Gasteiger charge is 2.22. The van der Waals surface area contributed by atoms with E-state index in [0.717, 1.165) is 49.7 Å². The minimum absolute atomic E-state index is 0.623. The Labute approximate surface area is 295 Å². The molecule has 4 heteroatoms. The molecular formula is C47H30N4. The number of aromatic nitrogens is 4. The van der Waals surface area contributed by atoms with Crippen LogP contribution in [0.1, 0.15) is 0 Å². The number of benzene rings is 8. The van der Waals surface area contributed by atoms with E-state index in [1.165, 1.54) is 27.1 Å². The lowest BCUT2D eigenvalue weighted by Gasteiger charge is -2.17. The average Bonchev–Trinajstić information content (AvgIpc) is 3.55. The maximum Gasteiger partial charge on any atom is 0.166 e. The fourth-order valence-electron chi connectivity index (χ4n) is 7.36. The summed E-state index contributed by atoms with van der Waals surface area (Å²) in [4.78, 5) is 15.5. The van der Waals surface area contributed by atoms with Crippen LogP contribution in [0.4, 0.5) is 0 Å². The predicted octanol–water partition coefficient (Wildman–Crippen LogP) is 11.9. The molecule has 0 unspecified atom stereocenters. The van der Waals surface area contributed by atoms with Crippen LogP contribution in [0.2, 0.25) is 0 Å². The molecule has 4 nitrogen and oxygen atoms in total. The smallest absolute Gasteiger partial charge is 0.166 e. The van der Waals surface area contributed by atoms with Gasteiger partial charge in [-0.2, -0.15) is 0 Å². The average molecular weight is 651 g/mol. The van der Waals surface area contributed by atoms with Crippen molar-refractivity contribution >= 4 is 43.4 Å². The maximum absolute atomic E-state index is 5.23. The molecule has 0 saturated carbocycles. The summed E-state index contributed by atoms with van der Waals surface area (Å²) in [6.07, 6.45) is 0. The van der Waals surface area contributed by atoms with E-state index in [2.05, 4.69) is 150 Å². The molecule has 0 N–H and O–H groups in total. The van der Waals surface area contributed by atoms with E-state index in [0.29, 0.717) is 17.5 Å².